The molecule has 35 heavy (non-hydrogen) atoms. The van der Waals surface area contributed by atoms with E-state index in [-0.39, 0.29) is 16.5 Å². The lowest BCUT2D eigenvalue weighted by atomic mass is 9.79. The van der Waals surface area contributed by atoms with Gasteiger partial charge in [-0.1, -0.05) is 55.3 Å². The van der Waals surface area contributed by atoms with E-state index < -0.39 is 17.2 Å². The summed E-state index contributed by atoms with van der Waals surface area (Å²) in [6.07, 6.45) is 7.22. The number of hydrogen-bond donors (Lipinski definition) is 1. The molecule has 0 atom stereocenters. The highest BCUT2D eigenvalue weighted by atomic mass is 16.5. The van der Waals surface area contributed by atoms with E-state index in [1.807, 2.05) is 32.0 Å². The first kappa shape index (κ1) is 26.4. The largest absolute Gasteiger partial charge is 0.383 e. The van der Waals surface area contributed by atoms with Crippen LogP contribution >= 0.6 is 0 Å². The Labute approximate surface area is 207 Å². The van der Waals surface area contributed by atoms with Gasteiger partial charge >= 0.3 is 0 Å². The Balaban J connectivity index is 1.91. The minimum atomic E-state index is -0.554. The maximum atomic E-state index is 13.4. The number of pyridine rings is 1. The molecule has 0 radical (unpaired) electrons. The number of nitrogens with one attached hydrogen (secondary N) is 1. The number of benzene rings is 1. The second-order valence-corrected chi connectivity index (χ2v) is 9.46. The normalized spacial score (nSPS) is 14.5. The Hall–Kier alpha value is -3.19. The molecule has 1 fully saturated rings. The molecule has 188 valence electrons. The standard InChI is InChI=1S/C28H37N3O4/c1-5-31(17-21(2)3)27(34)24-19-30(15-16-35-4)18-23(25(24)32)26(33)29-20-28(13-9-10-14-28)22-11-7-6-8-12-22/h6-8,11-12,18-19H,2,5,9-10,13-17,20H2,1,3-4H3,(H,29,33). The Bertz CT molecular complexity index is 1100. The molecule has 1 saturated carbocycles. The number of likely N-dealkylation sites (N-methyl/N-ethyl adjacent to an activating group) is 1. The van der Waals surface area contributed by atoms with Crippen LogP contribution < -0.4 is 10.7 Å². The van der Waals surface area contributed by atoms with Gasteiger partial charge in [0.15, 0.2) is 0 Å². The van der Waals surface area contributed by atoms with Gasteiger partial charge in [-0.25, -0.2) is 0 Å². The maximum absolute atomic E-state index is 13.4. The molecule has 0 aliphatic heterocycles. The van der Waals surface area contributed by atoms with Gasteiger partial charge in [-0.05, 0) is 32.3 Å². The average molecular weight is 480 g/mol. The first-order chi connectivity index (χ1) is 16.8. The van der Waals surface area contributed by atoms with Crippen molar-refractivity contribution < 1.29 is 14.3 Å². The molecule has 1 aromatic carbocycles. The van der Waals surface area contributed by atoms with Crippen molar-refractivity contribution in [3.05, 3.63) is 81.8 Å². The van der Waals surface area contributed by atoms with Crippen LogP contribution in [0.25, 0.3) is 0 Å². The summed E-state index contributed by atoms with van der Waals surface area (Å²) in [4.78, 5) is 41.5. The highest BCUT2D eigenvalue weighted by Crippen LogP contribution is 2.40. The van der Waals surface area contributed by atoms with Gasteiger partial charge in [0.1, 0.15) is 11.1 Å². The van der Waals surface area contributed by atoms with Crippen molar-refractivity contribution in [1.29, 1.82) is 0 Å². The van der Waals surface area contributed by atoms with Gasteiger partial charge in [-0.15, -0.1) is 0 Å². The lowest BCUT2D eigenvalue weighted by Crippen LogP contribution is -2.42. The molecule has 1 aliphatic rings. The van der Waals surface area contributed by atoms with E-state index in [2.05, 4.69) is 24.0 Å². The maximum Gasteiger partial charge on any atom is 0.259 e. The summed E-state index contributed by atoms with van der Waals surface area (Å²) in [7, 11) is 1.58. The fraction of sp³-hybridized carbons (Fsp3) is 0.464. The third-order valence-corrected chi connectivity index (χ3v) is 6.77. The first-order valence-electron chi connectivity index (χ1n) is 12.3. The second kappa shape index (κ2) is 12.0. The van der Waals surface area contributed by atoms with Crippen molar-refractivity contribution in [3.8, 4) is 0 Å². The zero-order valence-corrected chi connectivity index (χ0v) is 21.1. The van der Waals surface area contributed by atoms with E-state index in [0.717, 1.165) is 31.3 Å². The SMILES string of the molecule is C=C(C)CN(CC)C(=O)c1cn(CCOC)cc(C(=O)NCC2(c3ccccc3)CCCC2)c1=O. The summed E-state index contributed by atoms with van der Waals surface area (Å²) in [6.45, 7) is 9.60. The van der Waals surface area contributed by atoms with Crippen LogP contribution in [0.3, 0.4) is 0 Å². The van der Waals surface area contributed by atoms with Gasteiger partial charge < -0.3 is 19.5 Å². The number of aromatic nitrogens is 1. The fourth-order valence-electron chi connectivity index (χ4n) is 4.85. The van der Waals surface area contributed by atoms with Crippen LogP contribution in [-0.4, -0.2) is 54.6 Å². The highest BCUT2D eigenvalue weighted by Gasteiger charge is 2.36. The van der Waals surface area contributed by atoms with Crippen LogP contribution in [-0.2, 0) is 16.7 Å². The van der Waals surface area contributed by atoms with Crippen molar-refractivity contribution in [2.75, 3.05) is 33.4 Å². The lowest BCUT2D eigenvalue weighted by Gasteiger charge is -2.30. The van der Waals surface area contributed by atoms with Gasteiger partial charge in [0, 0.05) is 51.1 Å². The van der Waals surface area contributed by atoms with Crippen LogP contribution in [0.2, 0.25) is 0 Å². The van der Waals surface area contributed by atoms with Crippen LogP contribution in [0.5, 0.6) is 0 Å². The van der Waals surface area contributed by atoms with Crippen molar-refractivity contribution in [2.45, 2.75) is 51.5 Å². The first-order valence-corrected chi connectivity index (χ1v) is 12.3. The van der Waals surface area contributed by atoms with Crippen LogP contribution in [0.1, 0.15) is 65.8 Å². The summed E-state index contributed by atoms with van der Waals surface area (Å²) in [5.41, 5.74) is 1.28. The molecular formula is C28H37N3O4. The van der Waals surface area contributed by atoms with Gasteiger partial charge in [-0.3, -0.25) is 14.4 Å². The van der Waals surface area contributed by atoms with Crippen molar-refractivity contribution >= 4 is 11.8 Å². The summed E-state index contributed by atoms with van der Waals surface area (Å²) < 4.78 is 6.85. The van der Waals surface area contributed by atoms with E-state index in [9.17, 15) is 14.4 Å². The van der Waals surface area contributed by atoms with Crippen LogP contribution in [0.15, 0.2) is 59.7 Å². The number of hydrogen-bond acceptors (Lipinski definition) is 4. The van der Waals surface area contributed by atoms with Gasteiger partial charge in [-0.2, -0.15) is 0 Å². The third kappa shape index (κ3) is 6.28. The molecule has 2 aromatic rings. The molecule has 0 saturated heterocycles. The van der Waals surface area contributed by atoms with E-state index in [1.165, 1.54) is 18.0 Å². The van der Waals surface area contributed by atoms with Gasteiger partial charge in [0.25, 0.3) is 11.8 Å². The van der Waals surface area contributed by atoms with Crippen molar-refractivity contribution in [3.63, 3.8) is 0 Å². The molecule has 3 rings (SSSR count). The van der Waals surface area contributed by atoms with Crippen molar-refractivity contribution in [2.24, 2.45) is 0 Å². The summed E-state index contributed by atoms with van der Waals surface area (Å²) in [5, 5.41) is 3.02. The topological polar surface area (TPSA) is 80.6 Å². The molecule has 7 nitrogen and oxygen atoms in total. The molecule has 1 aliphatic carbocycles. The number of nitrogens with zero attached hydrogens (tertiary/aromatic N) is 2. The highest BCUT2D eigenvalue weighted by molar-refractivity contribution is 5.99. The second-order valence-electron chi connectivity index (χ2n) is 9.46. The number of amides is 2. The Morgan fingerprint density at radius 1 is 1.14 bits per heavy atom. The fourth-order valence-corrected chi connectivity index (χ4v) is 4.85. The lowest BCUT2D eigenvalue weighted by molar-refractivity contribution is 0.0775. The summed E-state index contributed by atoms with van der Waals surface area (Å²) in [5.74, 6) is -0.862. The Kier molecular flexibility index (Phi) is 9.04. The zero-order chi connectivity index (χ0) is 25.4. The van der Waals surface area contributed by atoms with Crippen LogP contribution in [0.4, 0.5) is 0 Å². The number of rotatable bonds is 11. The summed E-state index contributed by atoms with van der Waals surface area (Å²) >= 11 is 0. The smallest absolute Gasteiger partial charge is 0.259 e. The molecule has 1 N–H and O–H groups in total. The molecule has 1 heterocycles. The molecular weight excluding hydrogens is 442 g/mol. The third-order valence-electron chi connectivity index (χ3n) is 6.77. The number of carbonyl (C=O) groups is 2. The van der Waals surface area contributed by atoms with Crippen LogP contribution in [0, 0.1) is 0 Å². The van der Waals surface area contributed by atoms with E-state index in [4.69, 9.17) is 4.74 Å². The molecule has 2 amide bonds. The Morgan fingerprint density at radius 2 is 1.80 bits per heavy atom. The number of carbonyl (C=O) groups excluding carboxylic acids is 2. The Morgan fingerprint density at radius 3 is 2.40 bits per heavy atom. The van der Waals surface area contributed by atoms with E-state index >= 15 is 0 Å². The quantitative estimate of drug-likeness (QED) is 0.498. The monoisotopic (exact) mass is 479 g/mol. The van der Waals surface area contributed by atoms with E-state index in [1.54, 1.807) is 16.6 Å². The molecule has 7 heteroatoms. The number of methoxy groups -OCH3 is 1. The summed E-state index contributed by atoms with van der Waals surface area (Å²) in [6, 6.07) is 10.2. The zero-order valence-electron chi connectivity index (χ0n) is 21.1. The van der Waals surface area contributed by atoms with Gasteiger partial charge in [0.2, 0.25) is 5.43 Å². The molecule has 0 spiro atoms. The predicted molar refractivity (Wildman–Crippen MR) is 138 cm³/mol. The predicted octanol–water partition coefficient (Wildman–Crippen LogP) is 3.77. The minimum Gasteiger partial charge on any atom is -0.383 e. The minimum absolute atomic E-state index is 0.0181. The average Bonchev–Trinajstić information content (AvgIpc) is 3.35. The molecule has 1 aromatic heterocycles. The molecule has 0 unspecified atom stereocenters. The van der Waals surface area contributed by atoms with E-state index in [0.29, 0.717) is 32.8 Å². The van der Waals surface area contributed by atoms with Crippen molar-refractivity contribution in [1.82, 2.24) is 14.8 Å². The van der Waals surface area contributed by atoms with Gasteiger partial charge in [0.05, 0.1) is 6.61 Å². The number of ether oxygens (including phenoxy) is 1. The molecule has 0 bridgehead atoms.